The monoisotopic (exact) mass is 186 g/mol. The summed E-state index contributed by atoms with van der Waals surface area (Å²) in [6.45, 7) is 0. The molecule has 0 saturated heterocycles. The summed E-state index contributed by atoms with van der Waals surface area (Å²) in [5, 5.41) is 4.01. The average Bonchev–Trinajstić information content (AvgIpc) is 2.32. The molecule has 2 nitrogen and oxygen atoms in total. The van der Waals surface area contributed by atoms with E-state index in [1.54, 1.807) is 6.07 Å². The third-order valence-corrected chi connectivity index (χ3v) is 2.14. The molecule has 11 heavy (non-hydrogen) atoms. The van der Waals surface area contributed by atoms with Gasteiger partial charge in [0.1, 0.15) is 0 Å². The second kappa shape index (κ2) is 3.07. The number of sulfone groups is 1. The zero-order valence-electron chi connectivity index (χ0n) is 5.87. The molecule has 4 heteroatoms. The molecule has 0 spiro atoms. The van der Waals surface area contributed by atoms with Gasteiger partial charge < -0.3 is 0 Å². The van der Waals surface area contributed by atoms with Gasteiger partial charge in [0.15, 0.2) is 0 Å². The summed E-state index contributed by atoms with van der Waals surface area (Å²) in [5.74, 6) is 2.55. The maximum atomic E-state index is 10.6. The van der Waals surface area contributed by atoms with Crippen LogP contribution in [0.1, 0.15) is 4.88 Å². The van der Waals surface area contributed by atoms with Crippen molar-refractivity contribution in [3.63, 3.8) is 0 Å². The normalized spacial score (nSPS) is 10.3. The predicted molar refractivity (Wildman–Crippen MR) is 46.0 cm³/mol. The Labute approximate surface area is 69.8 Å². The van der Waals surface area contributed by atoms with Crippen LogP contribution in [0, 0.1) is 11.2 Å². The molecule has 1 aromatic rings. The van der Waals surface area contributed by atoms with Crippen LogP contribution in [0.3, 0.4) is 0 Å². The lowest BCUT2D eigenvalue weighted by atomic mass is 10.5. The molecule has 1 aromatic heterocycles. The highest BCUT2D eigenvalue weighted by molar-refractivity contribution is 7.95. The fraction of sp³-hybridized carbons (Fsp3) is 0.143. The van der Waals surface area contributed by atoms with Crippen molar-refractivity contribution in [3.8, 4) is 11.2 Å². The van der Waals surface area contributed by atoms with Crippen molar-refractivity contribution >= 4 is 21.2 Å². The summed E-state index contributed by atoms with van der Waals surface area (Å²) < 4.78 is 21.1. The summed E-state index contributed by atoms with van der Waals surface area (Å²) in [6.07, 6.45) is 1.09. The maximum Gasteiger partial charge on any atom is 0.214 e. The Kier molecular flexibility index (Phi) is 2.32. The third kappa shape index (κ3) is 3.21. The van der Waals surface area contributed by atoms with Crippen LogP contribution < -0.4 is 0 Å². The minimum Gasteiger partial charge on any atom is -0.216 e. The van der Waals surface area contributed by atoms with Crippen molar-refractivity contribution in [1.82, 2.24) is 0 Å². The van der Waals surface area contributed by atoms with E-state index in [1.165, 1.54) is 11.3 Å². The first-order chi connectivity index (χ1) is 5.08. The molecule has 0 aliphatic heterocycles. The lowest BCUT2D eigenvalue weighted by Gasteiger charge is -1.77. The van der Waals surface area contributed by atoms with Gasteiger partial charge in [-0.05, 0) is 17.4 Å². The molecule has 0 N–H and O–H groups in total. The van der Waals surface area contributed by atoms with Crippen molar-refractivity contribution in [3.05, 3.63) is 22.4 Å². The van der Waals surface area contributed by atoms with Crippen LogP contribution in [0.25, 0.3) is 0 Å². The fourth-order valence-electron chi connectivity index (χ4n) is 0.493. The lowest BCUT2D eigenvalue weighted by Crippen LogP contribution is -1.88. The van der Waals surface area contributed by atoms with Crippen LogP contribution in [0.4, 0.5) is 0 Å². The molecular formula is C7H6O2S2. The Balaban J connectivity index is 2.91. The summed E-state index contributed by atoms with van der Waals surface area (Å²) in [4.78, 5) is 0.774. The van der Waals surface area contributed by atoms with Crippen LogP contribution in [0.5, 0.6) is 0 Å². The standard InChI is InChI=1S/C7H6O2S2/c1-11(8,9)6-4-7-3-2-5-10-7/h2-3,5H,1H3. The molecule has 0 aliphatic rings. The SMILES string of the molecule is CS(=O)(=O)C#Cc1cccs1. The van der Waals surface area contributed by atoms with Crippen LogP contribution in [0.15, 0.2) is 17.5 Å². The number of rotatable bonds is 0. The Morgan fingerprint density at radius 2 is 2.27 bits per heavy atom. The summed E-state index contributed by atoms with van der Waals surface area (Å²) in [6, 6.07) is 3.61. The minimum atomic E-state index is -3.15. The van der Waals surface area contributed by atoms with E-state index >= 15 is 0 Å². The minimum absolute atomic E-state index is 0.774. The molecular weight excluding hydrogens is 180 g/mol. The van der Waals surface area contributed by atoms with Crippen LogP contribution in [-0.2, 0) is 9.84 Å². The van der Waals surface area contributed by atoms with E-state index in [4.69, 9.17) is 0 Å². The second-order valence-corrected chi connectivity index (χ2v) is 4.67. The van der Waals surface area contributed by atoms with Gasteiger partial charge in [0.2, 0.25) is 9.84 Å². The predicted octanol–water partition coefficient (Wildman–Crippen LogP) is 1.10. The van der Waals surface area contributed by atoms with E-state index in [2.05, 4.69) is 11.2 Å². The van der Waals surface area contributed by atoms with Gasteiger partial charge >= 0.3 is 0 Å². The molecule has 0 aliphatic carbocycles. The molecule has 0 radical (unpaired) electrons. The summed E-state index contributed by atoms with van der Waals surface area (Å²) in [5.41, 5.74) is 0. The van der Waals surface area contributed by atoms with Crippen molar-refractivity contribution in [2.45, 2.75) is 0 Å². The molecule has 1 rings (SSSR count). The van der Waals surface area contributed by atoms with Gasteiger partial charge in [-0.1, -0.05) is 6.07 Å². The molecule has 0 amide bonds. The van der Waals surface area contributed by atoms with E-state index in [0.29, 0.717) is 0 Å². The lowest BCUT2D eigenvalue weighted by molar-refractivity contribution is 0.611. The molecule has 0 saturated carbocycles. The first-order valence-corrected chi connectivity index (χ1v) is 5.61. The van der Waals surface area contributed by atoms with Gasteiger partial charge in [-0.25, -0.2) is 8.42 Å². The molecule has 0 atom stereocenters. The molecule has 1 heterocycles. The zero-order chi connectivity index (χ0) is 8.32. The third-order valence-electron chi connectivity index (χ3n) is 0.881. The molecule has 58 valence electrons. The smallest absolute Gasteiger partial charge is 0.214 e. The number of thiophene rings is 1. The van der Waals surface area contributed by atoms with E-state index in [1.807, 2.05) is 11.4 Å². The topological polar surface area (TPSA) is 34.1 Å². The molecule has 0 fully saturated rings. The van der Waals surface area contributed by atoms with Crippen molar-refractivity contribution in [2.24, 2.45) is 0 Å². The Morgan fingerprint density at radius 1 is 1.55 bits per heavy atom. The molecule has 0 aromatic carbocycles. The van der Waals surface area contributed by atoms with E-state index in [0.717, 1.165) is 11.1 Å². The number of hydrogen-bond donors (Lipinski definition) is 0. The van der Waals surface area contributed by atoms with Gasteiger partial charge in [0.05, 0.1) is 11.1 Å². The quantitative estimate of drug-likeness (QED) is 0.569. The number of hydrogen-bond acceptors (Lipinski definition) is 3. The zero-order valence-corrected chi connectivity index (χ0v) is 7.50. The van der Waals surface area contributed by atoms with Gasteiger partial charge in [0.25, 0.3) is 0 Å². The fourth-order valence-corrected chi connectivity index (χ4v) is 1.42. The average molecular weight is 186 g/mol. The van der Waals surface area contributed by atoms with Gasteiger partial charge in [-0.15, -0.1) is 11.3 Å². The van der Waals surface area contributed by atoms with Crippen molar-refractivity contribution in [1.29, 1.82) is 0 Å². The Morgan fingerprint density at radius 3 is 2.73 bits per heavy atom. The summed E-state index contributed by atoms with van der Waals surface area (Å²) >= 11 is 1.43. The highest BCUT2D eigenvalue weighted by atomic mass is 32.2. The van der Waals surface area contributed by atoms with Crippen molar-refractivity contribution in [2.75, 3.05) is 6.26 Å². The molecule has 0 unspecified atom stereocenters. The van der Waals surface area contributed by atoms with Crippen molar-refractivity contribution < 1.29 is 8.42 Å². The first-order valence-electron chi connectivity index (χ1n) is 2.84. The second-order valence-electron chi connectivity index (χ2n) is 1.98. The van der Waals surface area contributed by atoms with E-state index in [-0.39, 0.29) is 0 Å². The Hall–Kier alpha value is -0.790. The largest absolute Gasteiger partial charge is 0.216 e. The first kappa shape index (κ1) is 8.31. The van der Waals surface area contributed by atoms with Crippen LogP contribution in [-0.4, -0.2) is 14.7 Å². The highest BCUT2D eigenvalue weighted by Gasteiger charge is 1.91. The van der Waals surface area contributed by atoms with E-state index in [9.17, 15) is 8.42 Å². The highest BCUT2D eigenvalue weighted by Crippen LogP contribution is 2.05. The molecule has 0 bridgehead atoms. The van der Waals surface area contributed by atoms with Gasteiger partial charge in [-0.3, -0.25) is 0 Å². The van der Waals surface area contributed by atoms with Crippen LogP contribution >= 0.6 is 11.3 Å². The van der Waals surface area contributed by atoms with Gasteiger partial charge in [0, 0.05) is 5.25 Å². The Bertz CT molecular complexity index is 376. The summed E-state index contributed by atoms with van der Waals surface area (Å²) in [7, 11) is -3.15. The van der Waals surface area contributed by atoms with Crippen LogP contribution in [0.2, 0.25) is 0 Å². The van der Waals surface area contributed by atoms with Gasteiger partial charge in [-0.2, -0.15) is 0 Å². The maximum absolute atomic E-state index is 10.6. The van der Waals surface area contributed by atoms with E-state index < -0.39 is 9.84 Å².